The number of rotatable bonds is 6. The number of fused-ring (bicyclic) bond motifs is 1. The summed E-state index contributed by atoms with van der Waals surface area (Å²) in [5, 5.41) is 1.90. The molecule has 0 saturated heterocycles. The van der Waals surface area contributed by atoms with Crippen molar-refractivity contribution in [2.45, 2.75) is 6.42 Å². The van der Waals surface area contributed by atoms with Crippen LogP contribution in [0.1, 0.15) is 20.8 Å². The zero-order valence-electron chi connectivity index (χ0n) is 14.0. The first-order chi connectivity index (χ1) is 12.3. The van der Waals surface area contributed by atoms with E-state index >= 15 is 0 Å². The van der Waals surface area contributed by atoms with Crippen molar-refractivity contribution in [2.75, 3.05) is 23.7 Å². The van der Waals surface area contributed by atoms with Crippen LogP contribution >= 0.6 is 11.3 Å². The molecule has 136 valence electrons. The van der Waals surface area contributed by atoms with Gasteiger partial charge in [-0.1, -0.05) is 6.07 Å². The van der Waals surface area contributed by atoms with Gasteiger partial charge in [-0.2, -0.15) is 0 Å². The molecule has 2 aromatic rings. The second kappa shape index (κ2) is 7.43. The molecule has 26 heavy (non-hydrogen) atoms. The maximum Gasteiger partial charge on any atom is 0.331 e. The Bertz CT molecular complexity index is 961. The lowest BCUT2D eigenvalue weighted by atomic mass is 10.1. The van der Waals surface area contributed by atoms with Gasteiger partial charge >= 0.3 is 5.97 Å². The fraction of sp³-hybridized carbons (Fsp3) is 0.222. The minimum Gasteiger partial charge on any atom is -0.454 e. The number of hydrogen-bond acceptors (Lipinski definition) is 6. The molecule has 3 rings (SSSR count). The average molecular weight is 391 g/mol. The number of carbonyl (C=O) groups excluding carboxylic acids is 2. The Labute approximate surface area is 155 Å². The van der Waals surface area contributed by atoms with Crippen molar-refractivity contribution in [1.29, 1.82) is 0 Å². The number of ketones is 1. The van der Waals surface area contributed by atoms with Gasteiger partial charge in [0.25, 0.3) is 0 Å². The summed E-state index contributed by atoms with van der Waals surface area (Å²) in [5.74, 6) is -0.917. The number of hydrogen-bond donors (Lipinski definition) is 0. The Kier molecular flexibility index (Phi) is 5.24. The van der Waals surface area contributed by atoms with E-state index in [4.69, 9.17) is 4.74 Å². The molecule has 6 nitrogen and oxygen atoms in total. The van der Waals surface area contributed by atoms with Crippen molar-refractivity contribution < 1.29 is 22.7 Å². The number of Topliss-reactive ketones (excluding diaryl/α,β-unsaturated/α-hetero) is 1. The van der Waals surface area contributed by atoms with E-state index < -0.39 is 16.0 Å². The summed E-state index contributed by atoms with van der Waals surface area (Å²) in [4.78, 5) is 24.8. The molecule has 0 N–H and O–H groups in total. The van der Waals surface area contributed by atoms with E-state index in [9.17, 15) is 18.0 Å². The third-order valence-electron chi connectivity index (χ3n) is 3.93. The monoisotopic (exact) mass is 391 g/mol. The van der Waals surface area contributed by atoms with Crippen LogP contribution in [0.2, 0.25) is 0 Å². The van der Waals surface area contributed by atoms with Crippen molar-refractivity contribution in [1.82, 2.24) is 0 Å². The molecular formula is C18H17NO5S2. The Hall–Kier alpha value is -2.45. The fourth-order valence-electron chi connectivity index (χ4n) is 2.69. The summed E-state index contributed by atoms with van der Waals surface area (Å²) in [7, 11) is -3.32. The molecule has 0 atom stereocenters. The molecule has 0 fully saturated rings. The molecule has 2 heterocycles. The van der Waals surface area contributed by atoms with Crippen LogP contribution in [-0.4, -0.2) is 39.6 Å². The Morgan fingerprint density at radius 1 is 1.31 bits per heavy atom. The average Bonchev–Trinajstić information content (AvgIpc) is 3.25. The van der Waals surface area contributed by atoms with Gasteiger partial charge < -0.3 is 4.74 Å². The number of ether oxygens (including phenoxy) is 1. The van der Waals surface area contributed by atoms with Gasteiger partial charge in [-0.05, 0) is 47.7 Å². The van der Waals surface area contributed by atoms with Crippen LogP contribution in [0.3, 0.4) is 0 Å². The summed E-state index contributed by atoms with van der Waals surface area (Å²) < 4.78 is 29.8. The Morgan fingerprint density at radius 2 is 2.12 bits per heavy atom. The molecule has 1 aromatic heterocycles. The number of benzene rings is 1. The van der Waals surface area contributed by atoms with Crippen molar-refractivity contribution in [2.24, 2.45) is 0 Å². The summed E-state index contributed by atoms with van der Waals surface area (Å²) in [6, 6.07) is 8.58. The number of sulfonamides is 1. The summed E-state index contributed by atoms with van der Waals surface area (Å²) in [6.45, 7) is 0.0104. The van der Waals surface area contributed by atoms with Crippen LogP contribution in [-0.2, 0) is 26.0 Å². The molecule has 0 bridgehead atoms. The maximum absolute atomic E-state index is 12.2. The SMILES string of the molecule is CS(=O)(=O)N1CCc2cc(C(=O)COC(=O)/C=C/c3cccs3)ccc21. The number of nitrogens with zero attached hydrogens (tertiary/aromatic N) is 1. The molecule has 0 saturated carbocycles. The quantitative estimate of drug-likeness (QED) is 0.429. The number of carbonyl (C=O) groups is 2. The van der Waals surface area contributed by atoms with E-state index in [1.165, 1.54) is 21.7 Å². The van der Waals surface area contributed by atoms with Gasteiger partial charge in [0.2, 0.25) is 10.0 Å². The van der Waals surface area contributed by atoms with Crippen LogP contribution in [0.5, 0.6) is 0 Å². The standard InChI is InChI=1S/C18H17NO5S2/c1-26(22,23)19-9-8-13-11-14(4-6-16(13)19)17(20)12-24-18(21)7-5-15-3-2-10-25-15/h2-7,10-11H,8-9,12H2,1H3/b7-5+. The van der Waals surface area contributed by atoms with E-state index in [1.54, 1.807) is 24.3 Å². The highest BCUT2D eigenvalue weighted by Gasteiger charge is 2.26. The first kappa shape index (κ1) is 18.3. The van der Waals surface area contributed by atoms with E-state index in [0.29, 0.717) is 24.2 Å². The van der Waals surface area contributed by atoms with Crippen LogP contribution in [0.25, 0.3) is 6.08 Å². The Morgan fingerprint density at radius 3 is 2.81 bits per heavy atom. The van der Waals surface area contributed by atoms with E-state index in [1.807, 2.05) is 17.5 Å². The zero-order valence-corrected chi connectivity index (χ0v) is 15.7. The van der Waals surface area contributed by atoms with Gasteiger partial charge in [-0.15, -0.1) is 11.3 Å². The van der Waals surface area contributed by atoms with Crippen LogP contribution in [0.15, 0.2) is 41.8 Å². The van der Waals surface area contributed by atoms with Crippen LogP contribution in [0, 0.1) is 0 Å². The molecule has 0 unspecified atom stereocenters. The van der Waals surface area contributed by atoms with Gasteiger partial charge in [-0.3, -0.25) is 9.10 Å². The zero-order chi connectivity index (χ0) is 18.7. The molecule has 8 heteroatoms. The minimum absolute atomic E-state index is 0.330. The van der Waals surface area contributed by atoms with Crippen LogP contribution in [0.4, 0.5) is 5.69 Å². The molecule has 0 radical (unpaired) electrons. The van der Waals surface area contributed by atoms with Gasteiger partial charge in [0.1, 0.15) is 0 Å². The highest BCUT2D eigenvalue weighted by atomic mass is 32.2. The first-order valence-corrected chi connectivity index (χ1v) is 10.6. The van der Waals surface area contributed by atoms with E-state index in [-0.39, 0.29) is 12.4 Å². The molecule has 1 aliphatic heterocycles. The third kappa shape index (κ3) is 4.20. The summed E-state index contributed by atoms with van der Waals surface area (Å²) in [5.41, 5.74) is 1.79. The number of thiophene rings is 1. The normalized spacial score (nSPS) is 13.8. The summed E-state index contributed by atoms with van der Waals surface area (Å²) >= 11 is 1.49. The highest BCUT2D eigenvalue weighted by molar-refractivity contribution is 7.92. The lowest BCUT2D eigenvalue weighted by Crippen LogP contribution is -2.27. The predicted molar refractivity (Wildman–Crippen MR) is 101 cm³/mol. The molecule has 1 aliphatic rings. The largest absolute Gasteiger partial charge is 0.454 e. The molecule has 0 aliphatic carbocycles. The number of anilines is 1. The third-order valence-corrected chi connectivity index (χ3v) is 5.94. The van der Waals surface area contributed by atoms with Crippen LogP contribution < -0.4 is 4.31 Å². The maximum atomic E-state index is 12.2. The van der Waals surface area contributed by atoms with Gasteiger partial charge in [0.15, 0.2) is 12.4 Å². The molecule has 1 aromatic carbocycles. The van der Waals surface area contributed by atoms with E-state index in [2.05, 4.69) is 0 Å². The topological polar surface area (TPSA) is 80.8 Å². The van der Waals surface area contributed by atoms with Gasteiger partial charge in [0, 0.05) is 23.1 Å². The Balaban J connectivity index is 1.61. The molecular weight excluding hydrogens is 374 g/mol. The minimum atomic E-state index is -3.32. The highest BCUT2D eigenvalue weighted by Crippen LogP contribution is 2.30. The van der Waals surface area contributed by atoms with Crippen molar-refractivity contribution >= 4 is 44.9 Å². The summed E-state index contributed by atoms with van der Waals surface area (Å²) in [6.07, 6.45) is 4.62. The van der Waals surface area contributed by atoms with Crippen molar-refractivity contribution in [3.63, 3.8) is 0 Å². The first-order valence-electron chi connectivity index (χ1n) is 7.87. The lowest BCUT2D eigenvalue weighted by molar-refractivity contribution is -0.136. The van der Waals surface area contributed by atoms with Crippen molar-refractivity contribution in [3.8, 4) is 0 Å². The second-order valence-corrected chi connectivity index (χ2v) is 8.69. The fourth-order valence-corrected chi connectivity index (χ4v) is 4.27. The molecule has 0 amide bonds. The lowest BCUT2D eigenvalue weighted by Gasteiger charge is -2.16. The number of esters is 1. The van der Waals surface area contributed by atoms with Gasteiger partial charge in [-0.25, -0.2) is 13.2 Å². The van der Waals surface area contributed by atoms with E-state index in [0.717, 1.165) is 16.7 Å². The van der Waals surface area contributed by atoms with Gasteiger partial charge in [0.05, 0.1) is 11.9 Å². The molecule has 0 spiro atoms. The predicted octanol–water partition coefficient (Wildman–Crippen LogP) is 2.51. The second-order valence-electron chi connectivity index (χ2n) is 5.81. The van der Waals surface area contributed by atoms with Crippen molar-refractivity contribution in [3.05, 3.63) is 57.8 Å². The smallest absolute Gasteiger partial charge is 0.331 e.